The Kier molecular flexibility index (Phi) is 5.35. The number of aromatic nitrogens is 1. The zero-order valence-corrected chi connectivity index (χ0v) is 10.1. The van der Waals surface area contributed by atoms with E-state index in [9.17, 15) is 0 Å². The standard InChI is InChI=1S/C13H19N3/c1-3-4-5-6-9-15-13-12(10-14)8-7-11(2)16-13/h7-8H,3-6,9H2,1-2H3,(H,15,16). The number of pyridine rings is 1. The number of rotatable bonds is 6. The summed E-state index contributed by atoms with van der Waals surface area (Å²) in [5, 5.41) is 12.2. The Balaban J connectivity index is 2.46. The highest BCUT2D eigenvalue weighted by molar-refractivity contribution is 5.52. The van der Waals surface area contributed by atoms with Gasteiger partial charge in [-0.15, -0.1) is 0 Å². The Labute approximate surface area is 97.5 Å². The molecule has 0 amide bonds. The van der Waals surface area contributed by atoms with E-state index in [0.717, 1.165) is 24.5 Å². The second-order valence-corrected chi connectivity index (χ2v) is 3.95. The molecule has 0 bridgehead atoms. The molecule has 1 N–H and O–H groups in total. The van der Waals surface area contributed by atoms with Crippen molar-refractivity contribution in [1.29, 1.82) is 5.26 Å². The van der Waals surface area contributed by atoms with Crippen LogP contribution in [0.15, 0.2) is 12.1 Å². The first-order chi connectivity index (χ1) is 7.77. The molecule has 0 aliphatic heterocycles. The summed E-state index contributed by atoms with van der Waals surface area (Å²) in [5.74, 6) is 0.721. The average Bonchev–Trinajstić information content (AvgIpc) is 2.29. The van der Waals surface area contributed by atoms with Gasteiger partial charge in [-0.05, 0) is 25.5 Å². The lowest BCUT2D eigenvalue weighted by molar-refractivity contribution is 0.684. The molecule has 0 aliphatic carbocycles. The van der Waals surface area contributed by atoms with Crippen molar-refractivity contribution in [2.24, 2.45) is 0 Å². The molecule has 3 heteroatoms. The highest BCUT2D eigenvalue weighted by Crippen LogP contribution is 2.12. The van der Waals surface area contributed by atoms with Crippen molar-refractivity contribution < 1.29 is 0 Å². The van der Waals surface area contributed by atoms with E-state index in [0.29, 0.717) is 5.56 Å². The number of nitrogens with zero attached hydrogens (tertiary/aromatic N) is 2. The predicted octanol–water partition coefficient (Wildman–Crippen LogP) is 3.25. The van der Waals surface area contributed by atoms with Crippen LogP contribution in [0.3, 0.4) is 0 Å². The maximum atomic E-state index is 8.92. The van der Waals surface area contributed by atoms with Crippen LogP contribution in [0, 0.1) is 18.3 Å². The minimum absolute atomic E-state index is 0.626. The summed E-state index contributed by atoms with van der Waals surface area (Å²) in [5.41, 5.74) is 1.57. The Morgan fingerprint density at radius 2 is 2.12 bits per heavy atom. The van der Waals surface area contributed by atoms with E-state index in [1.165, 1.54) is 19.3 Å². The van der Waals surface area contributed by atoms with Gasteiger partial charge in [0, 0.05) is 12.2 Å². The van der Waals surface area contributed by atoms with E-state index in [2.05, 4.69) is 23.3 Å². The Bertz CT molecular complexity index is 366. The lowest BCUT2D eigenvalue weighted by atomic mass is 10.2. The third-order valence-electron chi connectivity index (χ3n) is 2.48. The zero-order chi connectivity index (χ0) is 11.8. The van der Waals surface area contributed by atoms with Gasteiger partial charge >= 0.3 is 0 Å². The summed E-state index contributed by atoms with van der Waals surface area (Å²) < 4.78 is 0. The second-order valence-electron chi connectivity index (χ2n) is 3.95. The minimum atomic E-state index is 0.626. The largest absolute Gasteiger partial charge is 0.369 e. The molecule has 1 rings (SSSR count). The molecular formula is C13H19N3. The number of unbranched alkanes of at least 4 members (excludes halogenated alkanes) is 3. The molecule has 0 aliphatic rings. The molecule has 0 saturated heterocycles. The molecule has 16 heavy (non-hydrogen) atoms. The lowest BCUT2D eigenvalue weighted by Gasteiger charge is -2.07. The van der Waals surface area contributed by atoms with Gasteiger partial charge in [-0.1, -0.05) is 26.2 Å². The molecule has 1 heterocycles. The molecule has 0 aromatic carbocycles. The molecule has 86 valence electrons. The van der Waals surface area contributed by atoms with Crippen LogP contribution >= 0.6 is 0 Å². The van der Waals surface area contributed by atoms with Crippen LogP contribution in [0.1, 0.15) is 43.9 Å². The van der Waals surface area contributed by atoms with Crippen molar-refractivity contribution in [1.82, 2.24) is 4.98 Å². The summed E-state index contributed by atoms with van der Waals surface area (Å²) in [6.07, 6.45) is 4.88. The fourth-order valence-corrected chi connectivity index (χ4v) is 1.54. The number of aryl methyl sites for hydroxylation is 1. The maximum absolute atomic E-state index is 8.92. The van der Waals surface area contributed by atoms with Crippen LogP contribution in [-0.4, -0.2) is 11.5 Å². The Morgan fingerprint density at radius 1 is 1.31 bits per heavy atom. The van der Waals surface area contributed by atoms with E-state index in [1.54, 1.807) is 0 Å². The fraction of sp³-hybridized carbons (Fsp3) is 0.538. The van der Waals surface area contributed by atoms with Crippen LogP contribution in [-0.2, 0) is 0 Å². The molecule has 1 aromatic rings. The van der Waals surface area contributed by atoms with E-state index in [-0.39, 0.29) is 0 Å². The van der Waals surface area contributed by atoms with Crippen molar-refractivity contribution in [2.45, 2.75) is 39.5 Å². The van der Waals surface area contributed by atoms with Crippen molar-refractivity contribution in [3.05, 3.63) is 23.4 Å². The zero-order valence-electron chi connectivity index (χ0n) is 10.1. The lowest BCUT2D eigenvalue weighted by Crippen LogP contribution is -2.05. The van der Waals surface area contributed by atoms with Crippen LogP contribution in [0.5, 0.6) is 0 Å². The number of nitriles is 1. The smallest absolute Gasteiger partial charge is 0.144 e. The van der Waals surface area contributed by atoms with Crippen molar-refractivity contribution in [2.75, 3.05) is 11.9 Å². The number of hydrogen-bond acceptors (Lipinski definition) is 3. The summed E-state index contributed by atoms with van der Waals surface area (Å²) >= 11 is 0. The second kappa shape index (κ2) is 6.84. The Morgan fingerprint density at radius 3 is 2.81 bits per heavy atom. The average molecular weight is 217 g/mol. The van der Waals surface area contributed by atoms with Gasteiger partial charge < -0.3 is 5.32 Å². The normalized spacial score (nSPS) is 9.81. The summed E-state index contributed by atoms with van der Waals surface area (Å²) in [7, 11) is 0. The van der Waals surface area contributed by atoms with E-state index in [1.807, 2.05) is 19.1 Å². The summed E-state index contributed by atoms with van der Waals surface area (Å²) in [6, 6.07) is 5.83. The van der Waals surface area contributed by atoms with Gasteiger partial charge in [0.05, 0.1) is 5.56 Å². The summed E-state index contributed by atoms with van der Waals surface area (Å²) in [4.78, 5) is 4.33. The molecule has 0 spiro atoms. The molecule has 0 atom stereocenters. The number of anilines is 1. The highest BCUT2D eigenvalue weighted by Gasteiger charge is 2.02. The molecule has 0 saturated carbocycles. The van der Waals surface area contributed by atoms with Crippen LogP contribution in [0.2, 0.25) is 0 Å². The molecule has 1 aromatic heterocycles. The molecule has 0 unspecified atom stereocenters. The predicted molar refractivity (Wildman–Crippen MR) is 66.3 cm³/mol. The van der Waals surface area contributed by atoms with Gasteiger partial charge in [0.1, 0.15) is 11.9 Å². The van der Waals surface area contributed by atoms with Crippen molar-refractivity contribution >= 4 is 5.82 Å². The van der Waals surface area contributed by atoms with Crippen molar-refractivity contribution in [3.8, 4) is 6.07 Å². The first kappa shape index (κ1) is 12.5. The molecule has 0 radical (unpaired) electrons. The quantitative estimate of drug-likeness (QED) is 0.744. The number of hydrogen-bond donors (Lipinski definition) is 1. The Hall–Kier alpha value is -1.56. The highest BCUT2D eigenvalue weighted by atomic mass is 15.0. The monoisotopic (exact) mass is 217 g/mol. The molecular weight excluding hydrogens is 198 g/mol. The van der Waals surface area contributed by atoms with Gasteiger partial charge in [0.15, 0.2) is 0 Å². The van der Waals surface area contributed by atoms with Gasteiger partial charge in [-0.25, -0.2) is 4.98 Å². The fourth-order valence-electron chi connectivity index (χ4n) is 1.54. The van der Waals surface area contributed by atoms with Gasteiger partial charge in [0.25, 0.3) is 0 Å². The van der Waals surface area contributed by atoms with Gasteiger partial charge in [0.2, 0.25) is 0 Å². The van der Waals surface area contributed by atoms with Crippen molar-refractivity contribution in [3.63, 3.8) is 0 Å². The third-order valence-corrected chi connectivity index (χ3v) is 2.48. The van der Waals surface area contributed by atoms with E-state index in [4.69, 9.17) is 5.26 Å². The van der Waals surface area contributed by atoms with Crippen LogP contribution in [0.4, 0.5) is 5.82 Å². The van der Waals surface area contributed by atoms with E-state index < -0.39 is 0 Å². The third kappa shape index (κ3) is 3.90. The first-order valence-electron chi connectivity index (χ1n) is 5.89. The SMILES string of the molecule is CCCCCCNc1nc(C)ccc1C#N. The van der Waals surface area contributed by atoms with Crippen LogP contribution < -0.4 is 5.32 Å². The van der Waals surface area contributed by atoms with Gasteiger partial charge in [-0.2, -0.15) is 5.26 Å². The number of nitrogens with one attached hydrogen (secondary N) is 1. The van der Waals surface area contributed by atoms with E-state index >= 15 is 0 Å². The molecule has 0 fully saturated rings. The first-order valence-corrected chi connectivity index (χ1v) is 5.89. The summed E-state index contributed by atoms with van der Waals surface area (Å²) in [6.45, 7) is 5.03. The van der Waals surface area contributed by atoms with Gasteiger partial charge in [-0.3, -0.25) is 0 Å². The minimum Gasteiger partial charge on any atom is -0.369 e. The molecule has 3 nitrogen and oxygen atoms in total. The maximum Gasteiger partial charge on any atom is 0.144 e. The topological polar surface area (TPSA) is 48.7 Å². The van der Waals surface area contributed by atoms with Crippen LogP contribution in [0.25, 0.3) is 0 Å².